The maximum atomic E-state index is 12.0. The van der Waals surface area contributed by atoms with Crippen LogP contribution in [-0.2, 0) is 16.0 Å². The van der Waals surface area contributed by atoms with Crippen molar-refractivity contribution in [2.75, 3.05) is 7.11 Å². The second-order valence-corrected chi connectivity index (χ2v) is 5.73. The van der Waals surface area contributed by atoms with Gasteiger partial charge in [-0.05, 0) is 38.5 Å². The molecule has 1 rings (SSSR count). The molecule has 1 amide bonds. The number of amides is 1. The van der Waals surface area contributed by atoms with Crippen molar-refractivity contribution in [2.24, 2.45) is 0 Å². The molecule has 1 aromatic rings. The van der Waals surface area contributed by atoms with Crippen LogP contribution < -0.4 is 0 Å². The summed E-state index contributed by atoms with van der Waals surface area (Å²) in [6.07, 6.45) is -1.01. The number of carboxylic acid groups (broad SMARTS) is 1. The Kier molecular flexibility index (Phi) is 5.18. The number of benzene rings is 1. The predicted molar refractivity (Wildman–Crippen MR) is 77.2 cm³/mol. The summed E-state index contributed by atoms with van der Waals surface area (Å²) in [7, 11) is 1.23. The van der Waals surface area contributed by atoms with Crippen LogP contribution in [0.15, 0.2) is 24.3 Å². The number of hydrogen-bond acceptors (Lipinski definition) is 4. The van der Waals surface area contributed by atoms with Crippen molar-refractivity contribution < 1.29 is 24.5 Å². The van der Waals surface area contributed by atoms with E-state index in [-0.39, 0.29) is 12.2 Å². The van der Waals surface area contributed by atoms with E-state index in [1.165, 1.54) is 19.2 Å². The largest absolute Gasteiger partial charge is 0.508 e. The van der Waals surface area contributed by atoms with Gasteiger partial charge in [0.1, 0.15) is 11.8 Å². The maximum absolute atomic E-state index is 12.0. The molecule has 1 atom stereocenters. The fraction of sp³-hybridized carbons (Fsp3) is 0.467. The van der Waals surface area contributed by atoms with E-state index in [1.807, 2.05) is 0 Å². The number of carbonyl (C=O) groups is 2. The topological polar surface area (TPSA) is 87.1 Å². The number of rotatable bonds is 4. The summed E-state index contributed by atoms with van der Waals surface area (Å²) in [5.74, 6) is -0.500. The van der Waals surface area contributed by atoms with E-state index in [9.17, 15) is 19.8 Å². The third kappa shape index (κ3) is 4.37. The Morgan fingerprint density at radius 1 is 1.24 bits per heavy atom. The first kappa shape index (κ1) is 16.8. The van der Waals surface area contributed by atoms with Gasteiger partial charge in [-0.3, -0.25) is 4.90 Å². The minimum atomic E-state index is -1.18. The summed E-state index contributed by atoms with van der Waals surface area (Å²) >= 11 is 0. The van der Waals surface area contributed by atoms with E-state index in [0.717, 1.165) is 10.5 Å². The van der Waals surface area contributed by atoms with Gasteiger partial charge in [-0.25, -0.2) is 9.59 Å². The van der Waals surface area contributed by atoms with Gasteiger partial charge < -0.3 is 14.9 Å². The molecule has 1 aromatic carbocycles. The lowest BCUT2D eigenvalue weighted by Crippen LogP contribution is -2.55. The van der Waals surface area contributed by atoms with Gasteiger partial charge in [-0.1, -0.05) is 12.1 Å². The second-order valence-electron chi connectivity index (χ2n) is 5.73. The zero-order valence-electron chi connectivity index (χ0n) is 12.7. The highest BCUT2D eigenvalue weighted by atomic mass is 16.5. The molecule has 0 fully saturated rings. The van der Waals surface area contributed by atoms with Gasteiger partial charge in [0, 0.05) is 12.0 Å². The van der Waals surface area contributed by atoms with Crippen LogP contribution in [-0.4, -0.2) is 45.9 Å². The predicted octanol–water partition coefficient (Wildman–Crippen LogP) is 2.25. The first-order chi connectivity index (χ1) is 9.66. The Morgan fingerprint density at radius 3 is 2.14 bits per heavy atom. The van der Waals surface area contributed by atoms with Crippen molar-refractivity contribution in [1.82, 2.24) is 4.90 Å². The van der Waals surface area contributed by atoms with E-state index in [2.05, 4.69) is 0 Å². The van der Waals surface area contributed by atoms with Crippen LogP contribution >= 0.6 is 0 Å². The monoisotopic (exact) mass is 295 g/mol. The quantitative estimate of drug-likeness (QED) is 0.832. The number of esters is 1. The third-order valence-corrected chi connectivity index (χ3v) is 3.08. The average molecular weight is 295 g/mol. The van der Waals surface area contributed by atoms with Gasteiger partial charge in [0.2, 0.25) is 0 Å². The van der Waals surface area contributed by atoms with Gasteiger partial charge in [0.05, 0.1) is 7.11 Å². The molecule has 0 aliphatic rings. The molecule has 116 valence electrons. The summed E-state index contributed by atoms with van der Waals surface area (Å²) < 4.78 is 4.74. The highest BCUT2D eigenvalue weighted by Gasteiger charge is 2.38. The Bertz CT molecular complexity index is 504. The zero-order valence-corrected chi connectivity index (χ0v) is 12.7. The Morgan fingerprint density at radius 2 is 1.76 bits per heavy atom. The Hall–Kier alpha value is -2.24. The van der Waals surface area contributed by atoms with Crippen molar-refractivity contribution in [3.8, 4) is 5.75 Å². The van der Waals surface area contributed by atoms with Gasteiger partial charge in [0.15, 0.2) is 0 Å². The highest BCUT2D eigenvalue weighted by molar-refractivity contribution is 5.81. The summed E-state index contributed by atoms with van der Waals surface area (Å²) in [6, 6.07) is 5.33. The third-order valence-electron chi connectivity index (χ3n) is 3.08. The minimum Gasteiger partial charge on any atom is -0.508 e. The van der Waals surface area contributed by atoms with Crippen molar-refractivity contribution >= 4 is 12.1 Å². The van der Waals surface area contributed by atoms with Crippen LogP contribution in [0.5, 0.6) is 5.75 Å². The van der Waals surface area contributed by atoms with E-state index in [0.29, 0.717) is 0 Å². The number of carbonyl (C=O) groups excluding carboxylic acids is 1. The molecule has 0 saturated heterocycles. The van der Waals surface area contributed by atoms with Crippen molar-refractivity contribution in [1.29, 1.82) is 0 Å². The lowest BCUT2D eigenvalue weighted by atomic mass is 9.98. The number of phenolic OH excluding ortho intramolecular Hbond substituents is 1. The molecule has 0 aliphatic carbocycles. The zero-order chi connectivity index (χ0) is 16.2. The number of phenols is 1. The molecule has 21 heavy (non-hydrogen) atoms. The number of aromatic hydroxyl groups is 1. The minimum absolute atomic E-state index is 0.110. The van der Waals surface area contributed by atoms with Crippen LogP contribution in [0.25, 0.3) is 0 Å². The molecule has 0 aliphatic heterocycles. The first-order valence-corrected chi connectivity index (χ1v) is 6.55. The summed E-state index contributed by atoms with van der Waals surface area (Å²) in [5, 5.41) is 18.7. The highest BCUT2D eigenvalue weighted by Crippen LogP contribution is 2.22. The molecule has 0 bridgehead atoms. The smallest absolute Gasteiger partial charge is 0.408 e. The Balaban J connectivity index is 3.12. The van der Waals surface area contributed by atoms with Gasteiger partial charge in [0.25, 0.3) is 0 Å². The number of nitrogens with zero attached hydrogens (tertiary/aromatic N) is 1. The average Bonchev–Trinajstić information content (AvgIpc) is 2.37. The molecule has 0 saturated carbocycles. The molecule has 6 nitrogen and oxygen atoms in total. The fourth-order valence-electron chi connectivity index (χ4n) is 2.16. The normalized spacial score (nSPS) is 12.6. The van der Waals surface area contributed by atoms with Crippen molar-refractivity contribution in [2.45, 2.75) is 38.8 Å². The van der Waals surface area contributed by atoms with E-state index in [1.54, 1.807) is 32.9 Å². The summed E-state index contributed by atoms with van der Waals surface area (Å²) in [4.78, 5) is 24.6. The van der Waals surface area contributed by atoms with Crippen molar-refractivity contribution in [3.05, 3.63) is 29.8 Å². The van der Waals surface area contributed by atoms with E-state index < -0.39 is 23.6 Å². The molecular formula is C15H21NO5. The van der Waals surface area contributed by atoms with Crippen LogP contribution in [0.1, 0.15) is 26.3 Å². The second kappa shape index (κ2) is 6.47. The van der Waals surface area contributed by atoms with Gasteiger partial charge >= 0.3 is 12.1 Å². The van der Waals surface area contributed by atoms with E-state index >= 15 is 0 Å². The van der Waals surface area contributed by atoms with E-state index in [4.69, 9.17) is 4.74 Å². The standard InChI is InChI=1S/C15H21NO5/c1-15(2,3)16(14(19)20)12(13(18)21-4)9-10-5-7-11(17)8-6-10/h5-8,12,17H,9H2,1-4H3,(H,19,20)/t12-/m1/s1. The molecule has 6 heteroatoms. The van der Waals surface area contributed by atoms with Crippen LogP contribution in [0.2, 0.25) is 0 Å². The lowest BCUT2D eigenvalue weighted by molar-refractivity contribution is -0.148. The van der Waals surface area contributed by atoms with Crippen LogP contribution in [0, 0.1) is 0 Å². The summed E-state index contributed by atoms with van der Waals surface area (Å²) in [6.45, 7) is 5.15. The van der Waals surface area contributed by atoms with Crippen LogP contribution in [0.4, 0.5) is 4.79 Å². The van der Waals surface area contributed by atoms with Crippen LogP contribution in [0.3, 0.4) is 0 Å². The molecule has 2 N–H and O–H groups in total. The molecular weight excluding hydrogens is 274 g/mol. The fourth-order valence-corrected chi connectivity index (χ4v) is 2.16. The number of methoxy groups -OCH3 is 1. The van der Waals surface area contributed by atoms with Crippen molar-refractivity contribution in [3.63, 3.8) is 0 Å². The number of ether oxygens (including phenoxy) is 1. The molecule has 0 aromatic heterocycles. The Labute approximate surface area is 124 Å². The maximum Gasteiger partial charge on any atom is 0.408 e. The SMILES string of the molecule is COC(=O)[C@@H](Cc1ccc(O)cc1)N(C(=O)O)C(C)(C)C. The summed E-state index contributed by atoms with van der Waals surface area (Å²) in [5.41, 5.74) is -0.0135. The molecule has 0 heterocycles. The van der Waals surface area contributed by atoms with Gasteiger partial charge in [-0.15, -0.1) is 0 Å². The molecule has 0 spiro atoms. The van der Waals surface area contributed by atoms with Gasteiger partial charge in [-0.2, -0.15) is 0 Å². The number of hydrogen-bond donors (Lipinski definition) is 2. The molecule has 0 radical (unpaired) electrons. The molecule has 0 unspecified atom stereocenters. The first-order valence-electron chi connectivity index (χ1n) is 6.55. The lowest BCUT2D eigenvalue weighted by Gasteiger charge is -2.38.